The van der Waals surface area contributed by atoms with E-state index in [0.29, 0.717) is 25.9 Å². The molecule has 0 unspecified atom stereocenters. The van der Waals surface area contributed by atoms with Crippen LogP contribution >= 0.6 is 0 Å². The molecule has 0 aliphatic carbocycles. The number of carbonyl (C=O) groups is 1. The SMILES string of the molecule is Cc1cc(N2CCC(NC(=O)c3ccccc3OC(F)(F)F)CC2)n[nH]1. The van der Waals surface area contributed by atoms with Crippen molar-refractivity contribution in [2.24, 2.45) is 0 Å². The highest BCUT2D eigenvalue weighted by Gasteiger charge is 2.33. The largest absolute Gasteiger partial charge is 0.573 e. The number of aromatic nitrogens is 2. The Labute approximate surface area is 148 Å². The number of para-hydroxylation sites is 1. The van der Waals surface area contributed by atoms with Crippen molar-refractivity contribution in [1.29, 1.82) is 0 Å². The second kappa shape index (κ2) is 7.27. The maximum atomic E-state index is 12.5. The van der Waals surface area contributed by atoms with Gasteiger partial charge in [0.1, 0.15) is 5.75 Å². The number of nitrogens with zero attached hydrogens (tertiary/aromatic N) is 2. The number of piperidine rings is 1. The van der Waals surface area contributed by atoms with E-state index in [9.17, 15) is 18.0 Å². The highest BCUT2D eigenvalue weighted by molar-refractivity contribution is 5.97. The second-order valence-electron chi connectivity index (χ2n) is 6.19. The summed E-state index contributed by atoms with van der Waals surface area (Å²) in [6.45, 7) is 3.33. The first kappa shape index (κ1) is 18.1. The minimum Gasteiger partial charge on any atom is -0.405 e. The van der Waals surface area contributed by atoms with Crippen LogP contribution < -0.4 is 15.0 Å². The Bertz CT molecular complexity index is 767. The number of anilines is 1. The number of alkyl halides is 3. The van der Waals surface area contributed by atoms with Gasteiger partial charge in [-0.15, -0.1) is 13.2 Å². The lowest BCUT2D eigenvalue weighted by Gasteiger charge is -2.32. The van der Waals surface area contributed by atoms with E-state index in [1.54, 1.807) is 0 Å². The van der Waals surface area contributed by atoms with Crippen LogP contribution in [0.5, 0.6) is 5.75 Å². The lowest BCUT2D eigenvalue weighted by atomic mass is 10.0. The summed E-state index contributed by atoms with van der Waals surface area (Å²) in [6.07, 6.45) is -3.48. The number of halogens is 3. The predicted octanol–water partition coefficient (Wildman–Crippen LogP) is 3.02. The smallest absolute Gasteiger partial charge is 0.405 e. The Morgan fingerprint density at radius 1 is 1.31 bits per heavy atom. The fourth-order valence-corrected chi connectivity index (χ4v) is 2.95. The molecule has 2 aromatic rings. The third kappa shape index (κ3) is 4.47. The summed E-state index contributed by atoms with van der Waals surface area (Å²) in [6, 6.07) is 7.17. The van der Waals surface area contributed by atoms with Crippen LogP contribution in [0.3, 0.4) is 0 Å². The topological polar surface area (TPSA) is 70.2 Å². The molecule has 0 saturated carbocycles. The number of ether oxygens (including phenoxy) is 1. The Morgan fingerprint density at radius 2 is 2.00 bits per heavy atom. The fraction of sp³-hybridized carbons (Fsp3) is 0.412. The molecule has 0 bridgehead atoms. The summed E-state index contributed by atoms with van der Waals surface area (Å²) < 4.78 is 41.4. The first-order valence-electron chi connectivity index (χ1n) is 8.24. The number of carbonyl (C=O) groups excluding carboxylic acids is 1. The van der Waals surface area contributed by atoms with Gasteiger partial charge in [-0.25, -0.2) is 0 Å². The van der Waals surface area contributed by atoms with E-state index >= 15 is 0 Å². The van der Waals surface area contributed by atoms with Crippen molar-refractivity contribution in [3.05, 3.63) is 41.6 Å². The molecule has 3 rings (SSSR count). The lowest BCUT2D eigenvalue weighted by Crippen LogP contribution is -2.45. The van der Waals surface area contributed by atoms with Crippen molar-refractivity contribution in [2.45, 2.75) is 32.2 Å². The number of hydrogen-bond acceptors (Lipinski definition) is 4. The highest BCUT2D eigenvalue weighted by Crippen LogP contribution is 2.26. The van der Waals surface area contributed by atoms with Crippen LogP contribution in [0, 0.1) is 6.92 Å². The molecule has 9 heteroatoms. The number of H-pyrrole nitrogens is 1. The zero-order chi connectivity index (χ0) is 18.7. The van der Waals surface area contributed by atoms with E-state index in [2.05, 4.69) is 25.2 Å². The third-order valence-corrected chi connectivity index (χ3v) is 4.20. The van der Waals surface area contributed by atoms with E-state index < -0.39 is 18.0 Å². The summed E-state index contributed by atoms with van der Waals surface area (Å²) in [5.74, 6) is -0.211. The van der Waals surface area contributed by atoms with Gasteiger partial charge in [-0.05, 0) is 31.9 Å². The molecule has 1 fully saturated rings. The summed E-state index contributed by atoms with van der Waals surface area (Å²) >= 11 is 0. The number of nitrogens with one attached hydrogen (secondary N) is 2. The van der Waals surface area contributed by atoms with E-state index in [-0.39, 0.29) is 11.6 Å². The number of rotatable bonds is 4. The molecule has 2 heterocycles. The molecule has 140 valence electrons. The Hall–Kier alpha value is -2.71. The molecule has 1 aromatic heterocycles. The molecule has 1 aliphatic rings. The van der Waals surface area contributed by atoms with Gasteiger partial charge < -0.3 is 15.0 Å². The average molecular weight is 368 g/mol. The van der Waals surface area contributed by atoms with E-state index in [0.717, 1.165) is 17.6 Å². The molecule has 0 atom stereocenters. The standard InChI is InChI=1S/C17H19F3N4O2/c1-11-10-15(23-22-11)24-8-6-12(7-9-24)21-16(25)13-4-2-3-5-14(13)26-17(18,19)20/h2-5,10,12H,6-9H2,1H3,(H,21,25)(H,22,23). The third-order valence-electron chi connectivity index (χ3n) is 4.20. The zero-order valence-corrected chi connectivity index (χ0v) is 14.1. The fourth-order valence-electron chi connectivity index (χ4n) is 2.95. The first-order chi connectivity index (χ1) is 12.3. The van der Waals surface area contributed by atoms with Gasteiger partial charge in [0.25, 0.3) is 5.91 Å². The van der Waals surface area contributed by atoms with E-state index in [1.807, 2.05) is 13.0 Å². The second-order valence-corrected chi connectivity index (χ2v) is 6.19. The molecule has 1 saturated heterocycles. The van der Waals surface area contributed by atoms with Crippen LogP contribution in [-0.2, 0) is 0 Å². The molecule has 1 amide bonds. The number of aryl methyl sites for hydroxylation is 1. The maximum absolute atomic E-state index is 12.5. The van der Waals surface area contributed by atoms with Crippen molar-refractivity contribution in [1.82, 2.24) is 15.5 Å². The number of benzene rings is 1. The van der Waals surface area contributed by atoms with Crippen molar-refractivity contribution in [3.63, 3.8) is 0 Å². The maximum Gasteiger partial charge on any atom is 0.573 e. The molecule has 2 N–H and O–H groups in total. The lowest BCUT2D eigenvalue weighted by molar-refractivity contribution is -0.274. The Morgan fingerprint density at radius 3 is 2.62 bits per heavy atom. The molecular formula is C17H19F3N4O2. The van der Waals surface area contributed by atoms with Crippen molar-refractivity contribution in [3.8, 4) is 5.75 Å². The van der Waals surface area contributed by atoms with Crippen LogP contribution in [0.1, 0.15) is 28.9 Å². The number of aromatic amines is 1. The Balaban J connectivity index is 1.60. The van der Waals surface area contributed by atoms with Crippen molar-refractivity contribution >= 4 is 11.7 Å². The Kier molecular flexibility index (Phi) is 5.06. The quantitative estimate of drug-likeness (QED) is 0.870. The molecular weight excluding hydrogens is 349 g/mol. The highest BCUT2D eigenvalue weighted by atomic mass is 19.4. The van der Waals surface area contributed by atoms with E-state index in [4.69, 9.17) is 0 Å². The minimum absolute atomic E-state index is 0.113. The summed E-state index contributed by atoms with van der Waals surface area (Å²) in [5.41, 5.74) is 0.840. The molecule has 1 aromatic carbocycles. The molecule has 6 nitrogen and oxygen atoms in total. The molecule has 0 spiro atoms. The molecule has 26 heavy (non-hydrogen) atoms. The van der Waals surface area contributed by atoms with Crippen LogP contribution in [0.2, 0.25) is 0 Å². The van der Waals surface area contributed by atoms with Gasteiger partial charge in [0.15, 0.2) is 5.82 Å². The van der Waals surface area contributed by atoms with Crippen LogP contribution in [0.4, 0.5) is 19.0 Å². The van der Waals surface area contributed by atoms with Gasteiger partial charge in [-0.1, -0.05) is 12.1 Å². The van der Waals surface area contributed by atoms with Gasteiger partial charge in [0.05, 0.1) is 5.56 Å². The van der Waals surface area contributed by atoms with Crippen molar-refractivity contribution in [2.75, 3.05) is 18.0 Å². The van der Waals surface area contributed by atoms with Gasteiger partial charge in [0.2, 0.25) is 0 Å². The monoisotopic (exact) mass is 368 g/mol. The van der Waals surface area contributed by atoms with Crippen molar-refractivity contribution < 1.29 is 22.7 Å². The minimum atomic E-state index is -4.84. The van der Waals surface area contributed by atoms with Crippen LogP contribution in [0.25, 0.3) is 0 Å². The summed E-state index contributed by atoms with van der Waals surface area (Å²) in [4.78, 5) is 14.5. The molecule has 0 radical (unpaired) electrons. The summed E-state index contributed by atoms with van der Waals surface area (Å²) in [7, 11) is 0. The normalized spacial score (nSPS) is 15.8. The van der Waals surface area contributed by atoms with Crippen LogP contribution in [-0.4, -0.2) is 41.6 Å². The van der Waals surface area contributed by atoms with Gasteiger partial charge >= 0.3 is 6.36 Å². The van der Waals surface area contributed by atoms with Gasteiger partial charge in [-0.3, -0.25) is 9.89 Å². The van der Waals surface area contributed by atoms with E-state index in [1.165, 1.54) is 18.2 Å². The predicted molar refractivity (Wildman–Crippen MR) is 89.2 cm³/mol. The van der Waals surface area contributed by atoms with Crippen LogP contribution in [0.15, 0.2) is 30.3 Å². The number of amides is 1. The number of hydrogen-bond donors (Lipinski definition) is 2. The average Bonchev–Trinajstić information content (AvgIpc) is 3.01. The summed E-state index contributed by atoms with van der Waals surface area (Å²) in [5, 5.41) is 9.90. The zero-order valence-electron chi connectivity index (χ0n) is 14.1. The first-order valence-corrected chi connectivity index (χ1v) is 8.24. The van der Waals surface area contributed by atoms with Gasteiger partial charge in [0, 0.05) is 30.9 Å². The van der Waals surface area contributed by atoms with Gasteiger partial charge in [-0.2, -0.15) is 5.10 Å². The molecule has 1 aliphatic heterocycles.